The van der Waals surface area contributed by atoms with E-state index < -0.39 is 0 Å². The minimum Gasteiger partial charge on any atom is -0.489 e. The molecule has 0 atom stereocenters. The molecule has 0 N–H and O–H groups in total. The lowest BCUT2D eigenvalue weighted by atomic mass is 10.1. The van der Waals surface area contributed by atoms with Gasteiger partial charge in [-0.2, -0.15) is 5.26 Å². The zero-order valence-corrected chi connectivity index (χ0v) is 12.7. The molecule has 20 heavy (non-hydrogen) atoms. The van der Waals surface area contributed by atoms with Crippen molar-refractivity contribution in [2.75, 3.05) is 0 Å². The number of hydrogen-bond donors (Lipinski definition) is 0. The van der Waals surface area contributed by atoms with Gasteiger partial charge in [0.15, 0.2) is 0 Å². The molecule has 0 aromatic heterocycles. The van der Waals surface area contributed by atoms with Crippen LogP contribution in [0.3, 0.4) is 0 Å². The Morgan fingerprint density at radius 1 is 1.20 bits per heavy atom. The van der Waals surface area contributed by atoms with Crippen molar-refractivity contribution in [3.05, 3.63) is 63.9 Å². The Morgan fingerprint density at radius 3 is 2.70 bits per heavy atom. The maximum absolute atomic E-state index is 13.2. The average molecular weight is 355 g/mol. The summed E-state index contributed by atoms with van der Waals surface area (Å²) in [4.78, 5) is 0. The van der Waals surface area contributed by atoms with Crippen molar-refractivity contribution in [3.63, 3.8) is 0 Å². The van der Waals surface area contributed by atoms with Gasteiger partial charge in [-0.25, -0.2) is 4.39 Å². The summed E-state index contributed by atoms with van der Waals surface area (Å²) in [5, 5.41) is 10.2. The van der Waals surface area contributed by atoms with E-state index >= 15 is 0 Å². The van der Waals surface area contributed by atoms with Gasteiger partial charge >= 0.3 is 0 Å². The third-order valence-electron chi connectivity index (χ3n) is 2.74. The number of nitrogens with zero attached hydrogens (tertiary/aromatic N) is 1. The summed E-state index contributed by atoms with van der Waals surface area (Å²) >= 11 is 9.27. The summed E-state index contributed by atoms with van der Waals surface area (Å²) in [6.45, 7) is 0.127. The van der Waals surface area contributed by atoms with Crippen LogP contribution in [0.25, 0.3) is 0 Å². The van der Waals surface area contributed by atoms with Gasteiger partial charge in [0.25, 0.3) is 0 Å². The maximum atomic E-state index is 13.2. The van der Waals surface area contributed by atoms with E-state index in [4.69, 9.17) is 21.6 Å². The van der Waals surface area contributed by atoms with Crippen LogP contribution in [0.15, 0.2) is 36.4 Å². The highest BCUT2D eigenvalue weighted by atomic mass is 79.9. The third kappa shape index (κ3) is 3.50. The van der Waals surface area contributed by atoms with E-state index in [1.165, 1.54) is 18.2 Å². The summed E-state index contributed by atoms with van der Waals surface area (Å²) in [5.41, 5.74) is 1.82. The second-order valence-corrected chi connectivity index (χ2v) is 5.08. The zero-order chi connectivity index (χ0) is 14.5. The molecular weight excluding hydrogens is 345 g/mol. The van der Waals surface area contributed by atoms with Crippen LogP contribution in [0.1, 0.15) is 16.7 Å². The Bertz CT molecular complexity index is 669. The Kier molecular flexibility index (Phi) is 4.99. The molecule has 2 aromatic rings. The molecular formula is C15H10BrClFNO. The van der Waals surface area contributed by atoms with Gasteiger partial charge in [0.1, 0.15) is 18.2 Å². The Labute approximate surface area is 129 Å². The van der Waals surface area contributed by atoms with Crippen LogP contribution >= 0.6 is 27.5 Å². The second kappa shape index (κ2) is 6.74. The molecule has 5 heteroatoms. The van der Waals surface area contributed by atoms with E-state index in [0.717, 1.165) is 5.56 Å². The largest absolute Gasteiger partial charge is 0.489 e. The van der Waals surface area contributed by atoms with Crippen LogP contribution in [0.4, 0.5) is 4.39 Å². The standard InChI is InChI=1S/C15H10BrClFNO/c16-7-11-5-13(17)2-4-15(11)20-9-12-6-14(18)3-1-10(12)8-19/h1-6H,7,9H2. The van der Waals surface area contributed by atoms with E-state index in [1.54, 1.807) is 18.2 Å². The third-order valence-corrected chi connectivity index (χ3v) is 3.58. The molecule has 0 bridgehead atoms. The van der Waals surface area contributed by atoms with Gasteiger partial charge in [-0.15, -0.1) is 0 Å². The quantitative estimate of drug-likeness (QED) is 0.737. The van der Waals surface area contributed by atoms with Crippen molar-refractivity contribution < 1.29 is 9.13 Å². The first kappa shape index (κ1) is 14.8. The fourth-order valence-corrected chi connectivity index (χ4v) is 2.37. The molecule has 102 valence electrons. The molecule has 0 radical (unpaired) electrons. The predicted molar refractivity (Wildman–Crippen MR) is 79.5 cm³/mol. The maximum Gasteiger partial charge on any atom is 0.123 e. The van der Waals surface area contributed by atoms with Crippen LogP contribution in [-0.2, 0) is 11.9 Å². The average Bonchev–Trinajstić information content (AvgIpc) is 2.46. The topological polar surface area (TPSA) is 33.0 Å². The van der Waals surface area contributed by atoms with E-state index in [0.29, 0.717) is 27.2 Å². The fraction of sp³-hybridized carbons (Fsp3) is 0.133. The van der Waals surface area contributed by atoms with Gasteiger partial charge in [-0.05, 0) is 36.4 Å². The Hall–Kier alpha value is -1.57. The summed E-state index contributed by atoms with van der Waals surface area (Å²) in [7, 11) is 0. The first-order valence-electron chi connectivity index (χ1n) is 5.79. The molecule has 2 aromatic carbocycles. The SMILES string of the molecule is N#Cc1ccc(F)cc1COc1ccc(Cl)cc1CBr. The Balaban J connectivity index is 2.21. The summed E-state index contributed by atoms with van der Waals surface area (Å²) in [6, 6.07) is 11.3. The van der Waals surface area contributed by atoms with Crippen molar-refractivity contribution in [1.82, 2.24) is 0 Å². The number of hydrogen-bond acceptors (Lipinski definition) is 2. The number of rotatable bonds is 4. The van der Waals surface area contributed by atoms with Crippen LogP contribution in [0, 0.1) is 17.1 Å². The highest BCUT2D eigenvalue weighted by Crippen LogP contribution is 2.26. The first-order chi connectivity index (χ1) is 9.63. The van der Waals surface area contributed by atoms with Crippen molar-refractivity contribution in [2.24, 2.45) is 0 Å². The molecule has 2 rings (SSSR count). The molecule has 0 saturated heterocycles. The predicted octanol–water partition coefficient (Wildman–Crippen LogP) is 4.82. The van der Waals surface area contributed by atoms with E-state index in [1.807, 2.05) is 6.07 Å². The van der Waals surface area contributed by atoms with E-state index in [2.05, 4.69) is 15.9 Å². The van der Waals surface area contributed by atoms with Gasteiger partial charge in [-0.1, -0.05) is 27.5 Å². The highest BCUT2D eigenvalue weighted by molar-refractivity contribution is 9.08. The minimum atomic E-state index is -0.389. The lowest BCUT2D eigenvalue weighted by molar-refractivity contribution is 0.303. The smallest absolute Gasteiger partial charge is 0.123 e. The van der Waals surface area contributed by atoms with Gasteiger partial charge in [-0.3, -0.25) is 0 Å². The molecule has 0 aliphatic heterocycles. The van der Waals surface area contributed by atoms with Crippen LogP contribution < -0.4 is 4.74 Å². The van der Waals surface area contributed by atoms with Crippen molar-refractivity contribution in [1.29, 1.82) is 5.26 Å². The molecule has 0 aliphatic carbocycles. The lowest BCUT2D eigenvalue weighted by Crippen LogP contribution is -2.01. The van der Waals surface area contributed by atoms with Gasteiger partial charge in [0, 0.05) is 21.5 Å². The lowest BCUT2D eigenvalue weighted by Gasteiger charge is -2.11. The molecule has 0 heterocycles. The summed E-state index contributed by atoms with van der Waals surface area (Å²) in [5.74, 6) is 0.263. The highest BCUT2D eigenvalue weighted by Gasteiger charge is 2.08. The van der Waals surface area contributed by atoms with Crippen molar-refractivity contribution in [2.45, 2.75) is 11.9 Å². The number of benzene rings is 2. The minimum absolute atomic E-state index is 0.127. The fourth-order valence-electron chi connectivity index (χ4n) is 1.74. The van der Waals surface area contributed by atoms with Crippen molar-refractivity contribution >= 4 is 27.5 Å². The molecule has 0 unspecified atom stereocenters. The van der Waals surface area contributed by atoms with E-state index in [9.17, 15) is 4.39 Å². The van der Waals surface area contributed by atoms with E-state index in [-0.39, 0.29) is 12.4 Å². The first-order valence-corrected chi connectivity index (χ1v) is 7.29. The monoisotopic (exact) mass is 353 g/mol. The number of nitriles is 1. The number of ether oxygens (including phenoxy) is 1. The second-order valence-electron chi connectivity index (χ2n) is 4.09. The summed E-state index contributed by atoms with van der Waals surface area (Å²) < 4.78 is 18.9. The van der Waals surface area contributed by atoms with Gasteiger partial charge in [0.2, 0.25) is 0 Å². The van der Waals surface area contributed by atoms with Crippen LogP contribution in [0.2, 0.25) is 5.02 Å². The molecule has 0 saturated carbocycles. The molecule has 0 amide bonds. The number of alkyl halides is 1. The molecule has 0 fully saturated rings. The van der Waals surface area contributed by atoms with Crippen LogP contribution in [-0.4, -0.2) is 0 Å². The van der Waals surface area contributed by atoms with Crippen molar-refractivity contribution in [3.8, 4) is 11.8 Å². The summed E-state index contributed by atoms with van der Waals surface area (Å²) in [6.07, 6.45) is 0. The van der Waals surface area contributed by atoms with Gasteiger partial charge in [0.05, 0.1) is 11.6 Å². The zero-order valence-electron chi connectivity index (χ0n) is 10.4. The molecule has 0 aliphatic rings. The number of halogens is 3. The molecule has 0 spiro atoms. The van der Waals surface area contributed by atoms with Gasteiger partial charge < -0.3 is 4.74 Å². The Morgan fingerprint density at radius 2 is 2.00 bits per heavy atom. The van der Waals surface area contributed by atoms with Crippen LogP contribution in [0.5, 0.6) is 5.75 Å². The molecule has 2 nitrogen and oxygen atoms in total. The normalized spacial score (nSPS) is 10.1.